The lowest BCUT2D eigenvalue weighted by Crippen LogP contribution is -2.45. The van der Waals surface area contributed by atoms with E-state index in [9.17, 15) is 9.18 Å². The highest BCUT2D eigenvalue weighted by Gasteiger charge is 2.18. The predicted octanol–water partition coefficient (Wildman–Crippen LogP) is 1.81. The third-order valence-corrected chi connectivity index (χ3v) is 2.44. The molecule has 0 atom stereocenters. The van der Waals surface area contributed by atoms with Gasteiger partial charge < -0.3 is 21.2 Å². The van der Waals surface area contributed by atoms with Gasteiger partial charge in [-0.1, -0.05) is 5.16 Å². The van der Waals surface area contributed by atoms with Gasteiger partial charge in [-0.25, -0.2) is 9.18 Å². The van der Waals surface area contributed by atoms with Gasteiger partial charge in [0.1, 0.15) is 5.82 Å². The number of urea groups is 1. The predicted molar refractivity (Wildman–Crippen MR) is 70.7 cm³/mol. The molecule has 0 bridgehead atoms. The fourth-order valence-corrected chi connectivity index (χ4v) is 1.42. The third kappa shape index (κ3) is 4.46. The van der Waals surface area contributed by atoms with Gasteiger partial charge in [-0.3, -0.25) is 0 Å². The van der Waals surface area contributed by atoms with Crippen LogP contribution in [0.5, 0.6) is 0 Å². The highest BCUT2D eigenvalue weighted by Crippen LogP contribution is 2.10. The summed E-state index contributed by atoms with van der Waals surface area (Å²) in [6.07, 6.45) is 0. The Hall–Kier alpha value is -2.31. The van der Waals surface area contributed by atoms with Crippen molar-refractivity contribution < 1.29 is 14.4 Å². The molecule has 19 heavy (non-hydrogen) atoms. The molecule has 0 radical (unpaired) electrons. The molecule has 0 fully saturated rings. The number of hydrogen-bond donors (Lipinski definition) is 3. The van der Waals surface area contributed by atoms with Crippen LogP contribution in [-0.2, 0) is 0 Å². The second-order valence-corrected chi connectivity index (χ2v) is 4.25. The zero-order valence-corrected chi connectivity index (χ0v) is 10.8. The molecule has 0 aliphatic heterocycles. The highest BCUT2D eigenvalue weighted by atomic mass is 19.1. The Labute approximate surface area is 110 Å². The highest BCUT2D eigenvalue weighted by molar-refractivity contribution is 5.93. The van der Waals surface area contributed by atoms with Gasteiger partial charge in [-0.05, 0) is 38.1 Å². The van der Waals surface area contributed by atoms with Crippen molar-refractivity contribution >= 4 is 17.6 Å². The van der Waals surface area contributed by atoms with E-state index in [1.54, 1.807) is 13.8 Å². The molecular formula is C12H17FN4O2. The van der Waals surface area contributed by atoms with Gasteiger partial charge in [0, 0.05) is 11.7 Å². The van der Waals surface area contributed by atoms with Crippen molar-refractivity contribution in [2.45, 2.75) is 19.9 Å². The van der Waals surface area contributed by atoms with Crippen molar-refractivity contribution in [3.05, 3.63) is 30.1 Å². The molecule has 6 nitrogen and oxygen atoms in total. The first-order valence-electron chi connectivity index (χ1n) is 5.73. The number of carbonyl (C=O) groups excluding carboxylic acids is 1. The largest absolute Gasteiger partial charge is 0.409 e. The second kappa shape index (κ2) is 6.58. The number of carbonyl (C=O) groups is 1. The fourth-order valence-electron chi connectivity index (χ4n) is 1.42. The van der Waals surface area contributed by atoms with Crippen LogP contribution in [-0.4, -0.2) is 34.6 Å². The van der Waals surface area contributed by atoms with Crippen molar-refractivity contribution in [3.63, 3.8) is 0 Å². The number of hydrogen-bond acceptors (Lipinski definition) is 3. The van der Waals surface area contributed by atoms with Gasteiger partial charge >= 0.3 is 6.03 Å². The molecule has 0 heterocycles. The standard InChI is InChI=1S/C12H17FN4O2/c1-8(2)17(7-11(14)16-19)12(18)15-10-5-3-9(13)4-6-10/h3-6,8,19H,7H2,1-2H3,(H2,14,16)(H,15,18). The lowest BCUT2D eigenvalue weighted by atomic mass is 10.3. The number of amides is 2. The number of nitrogens with zero attached hydrogens (tertiary/aromatic N) is 2. The molecule has 0 aliphatic carbocycles. The molecule has 0 aliphatic rings. The van der Waals surface area contributed by atoms with E-state index in [2.05, 4.69) is 10.5 Å². The minimum absolute atomic E-state index is 0.00119. The average Bonchev–Trinajstić information content (AvgIpc) is 2.37. The summed E-state index contributed by atoms with van der Waals surface area (Å²) in [5.41, 5.74) is 5.86. The Bertz CT molecular complexity index is 459. The van der Waals surface area contributed by atoms with Crippen molar-refractivity contribution in [1.82, 2.24) is 4.90 Å². The molecule has 0 saturated heterocycles. The SMILES string of the molecule is CC(C)N(CC(N)=NO)C(=O)Nc1ccc(F)cc1. The Morgan fingerprint density at radius 3 is 2.53 bits per heavy atom. The van der Waals surface area contributed by atoms with Crippen LogP contribution in [0.4, 0.5) is 14.9 Å². The summed E-state index contributed by atoms with van der Waals surface area (Å²) in [7, 11) is 0. The van der Waals surface area contributed by atoms with Crippen LogP contribution in [0.15, 0.2) is 29.4 Å². The van der Waals surface area contributed by atoms with Crippen LogP contribution < -0.4 is 11.1 Å². The van der Waals surface area contributed by atoms with E-state index in [0.29, 0.717) is 5.69 Å². The van der Waals surface area contributed by atoms with E-state index in [1.165, 1.54) is 29.2 Å². The van der Waals surface area contributed by atoms with Gasteiger partial charge in [0.2, 0.25) is 0 Å². The number of amidine groups is 1. The maximum Gasteiger partial charge on any atom is 0.322 e. The molecule has 1 aromatic carbocycles. The number of halogens is 1. The maximum absolute atomic E-state index is 12.7. The summed E-state index contributed by atoms with van der Waals surface area (Å²) >= 11 is 0. The molecule has 4 N–H and O–H groups in total. The van der Waals surface area contributed by atoms with E-state index in [-0.39, 0.29) is 24.2 Å². The van der Waals surface area contributed by atoms with Crippen LogP contribution in [0.3, 0.4) is 0 Å². The number of nitrogens with one attached hydrogen (secondary N) is 1. The Balaban J connectivity index is 2.74. The quantitative estimate of drug-likeness (QED) is 0.336. The van der Waals surface area contributed by atoms with Gasteiger partial charge in [0.25, 0.3) is 0 Å². The van der Waals surface area contributed by atoms with Crippen LogP contribution >= 0.6 is 0 Å². The van der Waals surface area contributed by atoms with E-state index >= 15 is 0 Å². The fraction of sp³-hybridized carbons (Fsp3) is 0.333. The van der Waals surface area contributed by atoms with Crippen LogP contribution in [0, 0.1) is 5.82 Å². The molecule has 0 spiro atoms. The first kappa shape index (κ1) is 14.7. The van der Waals surface area contributed by atoms with Gasteiger partial charge in [0.15, 0.2) is 5.84 Å². The molecule has 1 aromatic rings. The second-order valence-electron chi connectivity index (χ2n) is 4.25. The summed E-state index contributed by atoms with van der Waals surface area (Å²) in [4.78, 5) is 13.4. The van der Waals surface area contributed by atoms with Gasteiger partial charge in [-0.2, -0.15) is 0 Å². The van der Waals surface area contributed by atoms with Gasteiger partial charge in [0.05, 0.1) is 6.54 Å². The van der Waals surface area contributed by atoms with Gasteiger partial charge in [-0.15, -0.1) is 0 Å². The maximum atomic E-state index is 12.7. The molecular weight excluding hydrogens is 251 g/mol. The van der Waals surface area contributed by atoms with Crippen LogP contribution in [0.2, 0.25) is 0 Å². The number of rotatable bonds is 4. The molecule has 0 aromatic heterocycles. The summed E-state index contributed by atoms with van der Waals surface area (Å²) in [6.45, 7) is 3.60. The molecule has 2 amide bonds. The third-order valence-electron chi connectivity index (χ3n) is 2.44. The summed E-state index contributed by atoms with van der Waals surface area (Å²) < 4.78 is 12.7. The van der Waals surface area contributed by atoms with Crippen LogP contribution in [0.1, 0.15) is 13.8 Å². The topological polar surface area (TPSA) is 90.9 Å². The Morgan fingerprint density at radius 1 is 1.47 bits per heavy atom. The van der Waals surface area contributed by atoms with E-state index < -0.39 is 6.03 Å². The Morgan fingerprint density at radius 2 is 2.05 bits per heavy atom. The monoisotopic (exact) mass is 268 g/mol. The van der Waals surface area contributed by atoms with E-state index in [1.807, 2.05) is 0 Å². The molecule has 0 saturated carbocycles. The smallest absolute Gasteiger partial charge is 0.322 e. The number of benzene rings is 1. The minimum atomic E-state index is -0.409. The Kier molecular flexibility index (Phi) is 5.11. The van der Waals surface area contributed by atoms with E-state index in [0.717, 1.165) is 0 Å². The number of nitrogens with two attached hydrogens (primary N) is 1. The lowest BCUT2D eigenvalue weighted by Gasteiger charge is -2.26. The molecule has 1 rings (SSSR count). The molecule has 0 unspecified atom stereocenters. The first-order chi connectivity index (χ1) is 8.93. The van der Waals surface area contributed by atoms with Crippen molar-refractivity contribution in [2.75, 3.05) is 11.9 Å². The van der Waals surface area contributed by atoms with Crippen molar-refractivity contribution in [2.24, 2.45) is 10.9 Å². The van der Waals surface area contributed by atoms with Crippen molar-refractivity contribution in [3.8, 4) is 0 Å². The van der Waals surface area contributed by atoms with Crippen molar-refractivity contribution in [1.29, 1.82) is 0 Å². The molecule has 104 valence electrons. The zero-order chi connectivity index (χ0) is 14.4. The first-order valence-corrected chi connectivity index (χ1v) is 5.73. The normalized spacial score (nSPS) is 11.5. The number of anilines is 1. The summed E-state index contributed by atoms with van der Waals surface area (Å²) in [5.74, 6) is -0.446. The average molecular weight is 268 g/mol. The lowest BCUT2D eigenvalue weighted by molar-refractivity contribution is 0.205. The summed E-state index contributed by atoms with van der Waals surface area (Å²) in [6, 6.07) is 4.86. The molecule has 7 heteroatoms. The minimum Gasteiger partial charge on any atom is -0.409 e. The zero-order valence-electron chi connectivity index (χ0n) is 10.8. The summed E-state index contributed by atoms with van der Waals surface area (Å²) in [5, 5.41) is 14.0. The number of oxime groups is 1. The van der Waals surface area contributed by atoms with E-state index in [4.69, 9.17) is 10.9 Å². The van der Waals surface area contributed by atoms with Crippen LogP contribution in [0.25, 0.3) is 0 Å².